The molecule has 5 heteroatoms. The highest BCUT2D eigenvalue weighted by atomic mass is 16.5. The first-order valence-corrected chi connectivity index (χ1v) is 4.23. The first-order valence-electron chi connectivity index (χ1n) is 4.23. The van der Waals surface area contributed by atoms with Crippen LogP contribution in [0.1, 0.15) is 11.7 Å². The minimum atomic E-state index is -1.40. The Morgan fingerprint density at radius 3 is 2.53 bits per heavy atom. The van der Waals surface area contributed by atoms with E-state index >= 15 is 0 Å². The van der Waals surface area contributed by atoms with Crippen molar-refractivity contribution in [3.63, 3.8) is 0 Å². The van der Waals surface area contributed by atoms with Crippen LogP contribution in [0.5, 0.6) is 11.5 Å². The third-order valence-corrected chi connectivity index (χ3v) is 1.94. The van der Waals surface area contributed by atoms with Crippen molar-refractivity contribution in [2.24, 2.45) is 0 Å². The summed E-state index contributed by atoms with van der Waals surface area (Å²) in [6, 6.07) is 4.18. The molecule has 1 aromatic rings. The van der Waals surface area contributed by atoms with E-state index in [2.05, 4.69) is 4.74 Å². The summed E-state index contributed by atoms with van der Waals surface area (Å²) in [5, 5.41) is 18.9. The fraction of sp³-hybridized carbons (Fsp3) is 0.300. The van der Waals surface area contributed by atoms with Crippen molar-refractivity contribution in [2.45, 2.75) is 6.10 Å². The zero-order valence-electron chi connectivity index (χ0n) is 8.43. The maximum absolute atomic E-state index is 11.0. The number of hydrogen-bond acceptors (Lipinski definition) is 5. The normalized spacial score (nSPS) is 11.9. The van der Waals surface area contributed by atoms with Crippen LogP contribution >= 0.6 is 0 Å². The smallest absolute Gasteiger partial charge is 0.339 e. The van der Waals surface area contributed by atoms with Crippen molar-refractivity contribution in [3.8, 4) is 11.5 Å². The molecule has 1 atom stereocenters. The SMILES string of the molecule is COC(=O)[C@H](O)c1ccc(OC)c(O)c1. The van der Waals surface area contributed by atoms with Gasteiger partial charge in [-0.15, -0.1) is 0 Å². The van der Waals surface area contributed by atoms with Crippen LogP contribution in [-0.2, 0) is 9.53 Å². The molecule has 1 rings (SSSR count). The number of benzene rings is 1. The van der Waals surface area contributed by atoms with Gasteiger partial charge in [-0.3, -0.25) is 0 Å². The Hall–Kier alpha value is -1.75. The molecule has 0 saturated heterocycles. The highest BCUT2D eigenvalue weighted by Crippen LogP contribution is 2.29. The van der Waals surface area contributed by atoms with Crippen LogP contribution < -0.4 is 4.74 Å². The Morgan fingerprint density at radius 2 is 2.07 bits per heavy atom. The number of phenolic OH excluding ortho intramolecular Hbond substituents is 1. The predicted molar refractivity (Wildman–Crippen MR) is 51.6 cm³/mol. The minimum absolute atomic E-state index is 0.141. The molecule has 0 fully saturated rings. The molecule has 15 heavy (non-hydrogen) atoms. The van der Waals surface area contributed by atoms with Gasteiger partial charge in [0.15, 0.2) is 17.6 Å². The summed E-state index contributed by atoms with van der Waals surface area (Å²) < 4.78 is 9.18. The quantitative estimate of drug-likeness (QED) is 0.718. The Kier molecular flexibility index (Phi) is 3.51. The van der Waals surface area contributed by atoms with Crippen LogP contribution in [0, 0.1) is 0 Å². The summed E-state index contributed by atoms with van der Waals surface area (Å²) in [7, 11) is 2.58. The number of carbonyl (C=O) groups excluding carboxylic acids is 1. The van der Waals surface area contributed by atoms with Gasteiger partial charge in [-0.25, -0.2) is 4.79 Å². The number of phenols is 1. The van der Waals surface area contributed by atoms with Gasteiger partial charge in [-0.2, -0.15) is 0 Å². The molecule has 2 N–H and O–H groups in total. The molecule has 0 amide bonds. The van der Waals surface area contributed by atoms with Crippen LogP contribution in [0.4, 0.5) is 0 Å². The standard InChI is InChI=1S/C10H12O5/c1-14-8-4-3-6(5-7(8)11)9(12)10(13)15-2/h3-5,9,11-12H,1-2H3/t9-/m1/s1. The topological polar surface area (TPSA) is 76.0 Å². The van der Waals surface area contributed by atoms with E-state index in [0.717, 1.165) is 0 Å². The van der Waals surface area contributed by atoms with Gasteiger partial charge in [0.25, 0.3) is 0 Å². The molecule has 0 bridgehead atoms. The lowest BCUT2D eigenvalue weighted by Crippen LogP contribution is -2.13. The molecule has 0 aromatic heterocycles. The van der Waals surface area contributed by atoms with E-state index in [9.17, 15) is 15.0 Å². The van der Waals surface area contributed by atoms with Crippen molar-refractivity contribution in [3.05, 3.63) is 23.8 Å². The lowest BCUT2D eigenvalue weighted by Gasteiger charge is -2.10. The van der Waals surface area contributed by atoms with Crippen molar-refractivity contribution < 1.29 is 24.5 Å². The van der Waals surface area contributed by atoms with E-state index in [1.807, 2.05) is 0 Å². The average molecular weight is 212 g/mol. The highest BCUT2D eigenvalue weighted by molar-refractivity contribution is 5.76. The molecular weight excluding hydrogens is 200 g/mol. The van der Waals surface area contributed by atoms with Gasteiger partial charge in [0, 0.05) is 0 Å². The maximum Gasteiger partial charge on any atom is 0.339 e. The molecule has 0 spiro atoms. The lowest BCUT2D eigenvalue weighted by molar-refractivity contribution is -0.150. The summed E-state index contributed by atoms with van der Waals surface area (Å²) in [5.74, 6) is -0.645. The predicted octanol–water partition coefficient (Wildman–Crippen LogP) is 0.607. The van der Waals surface area contributed by atoms with E-state index in [1.165, 1.54) is 32.4 Å². The number of aliphatic hydroxyl groups is 1. The molecule has 0 aliphatic rings. The summed E-state index contributed by atoms with van der Waals surface area (Å²) in [6.45, 7) is 0. The summed E-state index contributed by atoms with van der Waals surface area (Å²) in [6.07, 6.45) is -1.40. The number of esters is 1. The Bertz CT molecular complexity index is 361. The summed E-state index contributed by atoms with van der Waals surface area (Å²) in [5.41, 5.74) is 0.250. The minimum Gasteiger partial charge on any atom is -0.504 e. The summed E-state index contributed by atoms with van der Waals surface area (Å²) >= 11 is 0. The first-order chi connectivity index (χ1) is 7.10. The number of methoxy groups -OCH3 is 2. The lowest BCUT2D eigenvalue weighted by atomic mass is 10.1. The average Bonchev–Trinajstić information content (AvgIpc) is 2.26. The van der Waals surface area contributed by atoms with Crippen molar-refractivity contribution in [2.75, 3.05) is 14.2 Å². The van der Waals surface area contributed by atoms with Crippen LogP contribution in [0.25, 0.3) is 0 Å². The van der Waals surface area contributed by atoms with Gasteiger partial charge in [0.2, 0.25) is 0 Å². The van der Waals surface area contributed by atoms with Crippen LogP contribution in [0.2, 0.25) is 0 Å². The van der Waals surface area contributed by atoms with Gasteiger partial charge < -0.3 is 19.7 Å². The molecule has 0 aliphatic heterocycles. The third kappa shape index (κ3) is 2.38. The number of aromatic hydroxyl groups is 1. The van der Waals surface area contributed by atoms with Crippen LogP contribution in [0.3, 0.4) is 0 Å². The number of ether oxygens (including phenoxy) is 2. The largest absolute Gasteiger partial charge is 0.504 e. The van der Waals surface area contributed by atoms with E-state index in [4.69, 9.17) is 4.74 Å². The van der Waals surface area contributed by atoms with Gasteiger partial charge in [0.05, 0.1) is 14.2 Å². The van der Waals surface area contributed by atoms with Crippen molar-refractivity contribution in [1.82, 2.24) is 0 Å². The molecule has 82 valence electrons. The van der Waals surface area contributed by atoms with Crippen molar-refractivity contribution in [1.29, 1.82) is 0 Å². The molecular formula is C10H12O5. The van der Waals surface area contributed by atoms with E-state index in [1.54, 1.807) is 0 Å². The maximum atomic E-state index is 11.0. The highest BCUT2D eigenvalue weighted by Gasteiger charge is 2.18. The third-order valence-electron chi connectivity index (χ3n) is 1.94. The molecule has 0 radical (unpaired) electrons. The molecule has 0 saturated carbocycles. The number of carbonyl (C=O) groups is 1. The molecule has 0 aliphatic carbocycles. The van der Waals surface area contributed by atoms with Gasteiger partial charge >= 0.3 is 5.97 Å². The van der Waals surface area contributed by atoms with Crippen molar-refractivity contribution >= 4 is 5.97 Å². The Balaban J connectivity index is 2.97. The van der Waals surface area contributed by atoms with E-state index < -0.39 is 12.1 Å². The Morgan fingerprint density at radius 1 is 1.40 bits per heavy atom. The second-order valence-corrected chi connectivity index (χ2v) is 2.86. The fourth-order valence-electron chi connectivity index (χ4n) is 1.12. The van der Waals surface area contributed by atoms with Gasteiger partial charge in [-0.1, -0.05) is 6.07 Å². The first kappa shape index (κ1) is 11.3. The molecule has 0 heterocycles. The monoisotopic (exact) mass is 212 g/mol. The molecule has 5 nitrogen and oxygen atoms in total. The fourth-order valence-corrected chi connectivity index (χ4v) is 1.12. The Labute approximate surface area is 86.9 Å². The van der Waals surface area contributed by atoms with Gasteiger partial charge in [0.1, 0.15) is 0 Å². The van der Waals surface area contributed by atoms with E-state index in [0.29, 0.717) is 0 Å². The second-order valence-electron chi connectivity index (χ2n) is 2.86. The van der Waals surface area contributed by atoms with Gasteiger partial charge in [-0.05, 0) is 17.7 Å². The van der Waals surface area contributed by atoms with Crippen LogP contribution in [-0.4, -0.2) is 30.4 Å². The number of aliphatic hydroxyl groups excluding tert-OH is 1. The number of rotatable bonds is 3. The second kappa shape index (κ2) is 4.65. The number of hydrogen-bond donors (Lipinski definition) is 2. The molecule has 0 unspecified atom stereocenters. The van der Waals surface area contributed by atoms with Crippen LogP contribution in [0.15, 0.2) is 18.2 Å². The zero-order chi connectivity index (χ0) is 11.4. The zero-order valence-corrected chi connectivity index (χ0v) is 8.43. The summed E-state index contributed by atoms with van der Waals surface area (Å²) in [4.78, 5) is 11.0. The van der Waals surface area contributed by atoms with E-state index in [-0.39, 0.29) is 17.1 Å². The molecule has 1 aromatic carbocycles.